The summed E-state index contributed by atoms with van der Waals surface area (Å²) in [4.78, 5) is 54.1. The SMILES string of the molecule is CCCCCCCOc1ccc(-c2cnc(-c3ccc(C[C@H](NC(=O)c4ccc(C(C)(C)C)s4)C(=O)N[C@@H](Cc4cccnc4)C(=O)O)cc3)nc2)cc1. The van der Waals surface area contributed by atoms with E-state index in [1.54, 1.807) is 43.0 Å². The highest BCUT2D eigenvalue weighted by Gasteiger charge is 2.28. The van der Waals surface area contributed by atoms with Crippen molar-refractivity contribution in [2.75, 3.05) is 6.61 Å². The Balaban J connectivity index is 1.26. The topological polar surface area (TPSA) is 143 Å². The first kappa shape index (κ1) is 39.8. The number of benzene rings is 2. The van der Waals surface area contributed by atoms with E-state index < -0.39 is 29.9 Å². The zero-order valence-corrected chi connectivity index (χ0v) is 32.2. The lowest BCUT2D eigenvalue weighted by Crippen LogP contribution is -2.53. The van der Waals surface area contributed by atoms with Crippen LogP contribution in [0.5, 0.6) is 5.75 Å². The number of carboxylic acid groups (broad SMARTS) is 1. The molecule has 11 heteroatoms. The second kappa shape index (κ2) is 19.1. The molecule has 5 aromatic rings. The molecule has 0 aliphatic rings. The van der Waals surface area contributed by atoms with Crippen LogP contribution in [0.25, 0.3) is 22.5 Å². The number of nitrogens with one attached hydrogen (secondary N) is 2. The Hall–Kier alpha value is -5.42. The van der Waals surface area contributed by atoms with Crippen molar-refractivity contribution in [3.8, 4) is 28.3 Å². The number of pyridine rings is 1. The van der Waals surface area contributed by atoms with Crippen LogP contribution in [-0.4, -0.2) is 56.5 Å². The van der Waals surface area contributed by atoms with E-state index in [4.69, 9.17) is 4.74 Å². The molecule has 2 aromatic carbocycles. The second-order valence-electron chi connectivity index (χ2n) is 14.4. The van der Waals surface area contributed by atoms with Gasteiger partial charge >= 0.3 is 5.97 Å². The Morgan fingerprint density at radius 3 is 2.07 bits per heavy atom. The summed E-state index contributed by atoms with van der Waals surface area (Å²) in [7, 11) is 0. The molecule has 0 saturated heterocycles. The van der Waals surface area contributed by atoms with Gasteiger partial charge in [-0.25, -0.2) is 14.8 Å². The fraction of sp³-hybridized carbons (Fsp3) is 0.349. The van der Waals surface area contributed by atoms with Crippen LogP contribution in [0.15, 0.2) is 97.6 Å². The van der Waals surface area contributed by atoms with Gasteiger partial charge in [-0.2, -0.15) is 0 Å². The Morgan fingerprint density at radius 2 is 1.44 bits per heavy atom. The molecule has 2 atom stereocenters. The van der Waals surface area contributed by atoms with Crippen LogP contribution in [0, 0.1) is 0 Å². The molecule has 2 amide bonds. The van der Waals surface area contributed by atoms with Crippen LogP contribution in [0.2, 0.25) is 0 Å². The average molecular weight is 748 g/mol. The number of thiophene rings is 1. The van der Waals surface area contributed by atoms with Crippen molar-refractivity contribution in [1.29, 1.82) is 0 Å². The number of aromatic nitrogens is 3. The van der Waals surface area contributed by atoms with Crippen LogP contribution in [0.4, 0.5) is 0 Å². The first-order chi connectivity index (χ1) is 26.0. The molecule has 10 nitrogen and oxygen atoms in total. The van der Waals surface area contributed by atoms with Gasteiger partial charge in [-0.15, -0.1) is 11.3 Å². The van der Waals surface area contributed by atoms with Crippen LogP contribution in [0.1, 0.15) is 85.5 Å². The number of amides is 2. The van der Waals surface area contributed by atoms with Crippen LogP contribution < -0.4 is 15.4 Å². The monoisotopic (exact) mass is 747 g/mol. The highest BCUT2D eigenvalue weighted by Crippen LogP contribution is 2.30. The third-order valence-electron chi connectivity index (χ3n) is 8.98. The van der Waals surface area contributed by atoms with Crippen LogP contribution in [-0.2, 0) is 27.8 Å². The Kier molecular flexibility index (Phi) is 14.0. The van der Waals surface area contributed by atoms with Gasteiger partial charge < -0.3 is 20.5 Å². The minimum absolute atomic E-state index is 0.0436. The molecule has 0 unspecified atom stereocenters. The summed E-state index contributed by atoms with van der Waals surface area (Å²) in [6.45, 7) is 9.14. The number of carbonyl (C=O) groups is 3. The van der Waals surface area contributed by atoms with Crippen LogP contribution >= 0.6 is 11.3 Å². The highest BCUT2D eigenvalue weighted by atomic mass is 32.1. The summed E-state index contributed by atoms with van der Waals surface area (Å²) in [6, 6.07) is 20.3. The summed E-state index contributed by atoms with van der Waals surface area (Å²) in [5.41, 5.74) is 3.95. The normalized spacial score (nSPS) is 12.4. The van der Waals surface area contributed by atoms with E-state index in [2.05, 4.69) is 53.3 Å². The number of aliphatic carboxylic acids is 1. The Bertz CT molecular complexity index is 1960. The van der Waals surface area contributed by atoms with Gasteiger partial charge in [0.15, 0.2) is 5.82 Å². The number of carbonyl (C=O) groups excluding carboxylic acids is 2. The number of unbranched alkanes of at least 4 members (excludes halogenated alkanes) is 4. The zero-order chi connectivity index (χ0) is 38.5. The van der Waals surface area contributed by atoms with Crippen LogP contribution in [0.3, 0.4) is 0 Å². The van der Waals surface area contributed by atoms with Crippen molar-refractivity contribution in [3.63, 3.8) is 0 Å². The molecule has 3 heterocycles. The molecular weight excluding hydrogens is 699 g/mol. The predicted molar refractivity (Wildman–Crippen MR) is 213 cm³/mol. The minimum atomic E-state index is -1.21. The molecule has 5 rings (SSSR count). The molecule has 0 bridgehead atoms. The number of ether oxygens (including phenoxy) is 1. The first-order valence-electron chi connectivity index (χ1n) is 18.5. The van der Waals surface area contributed by atoms with Crippen molar-refractivity contribution in [3.05, 3.63) is 118 Å². The third kappa shape index (κ3) is 11.5. The van der Waals surface area contributed by atoms with Crippen molar-refractivity contribution < 1.29 is 24.2 Å². The number of nitrogens with zero attached hydrogens (tertiary/aromatic N) is 3. The van der Waals surface area contributed by atoms with E-state index in [0.29, 0.717) is 22.9 Å². The van der Waals surface area contributed by atoms with E-state index in [1.165, 1.54) is 37.0 Å². The molecule has 0 radical (unpaired) electrons. The standard InChI is InChI=1S/C43H49N5O5S/c1-5-6-7-8-9-23-53-34-18-16-31(17-19-34)33-27-45-39(46-28-33)32-14-12-29(13-15-32)24-35(47-41(50)37-20-21-38(54-37)43(2,3)4)40(49)48-36(42(51)52)25-30-11-10-22-44-26-30/h10-22,26-28,35-36H,5-9,23-25H2,1-4H3,(H,47,50)(H,48,49)(H,51,52)/t35-,36-/m0/s1. The van der Waals surface area contributed by atoms with Gasteiger partial charge in [0.1, 0.15) is 17.8 Å². The van der Waals surface area contributed by atoms with Crippen molar-refractivity contribution in [2.24, 2.45) is 0 Å². The first-order valence-corrected chi connectivity index (χ1v) is 19.3. The number of carboxylic acids is 1. The maximum absolute atomic E-state index is 13.7. The Labute approximate surface area is 321 Å². The van der Waals surface area contributed by atoms with E-state index in [0.717, 1.165) is 39.3 Å². The van der Waals surface area contributed by atoms with Gasteiger partial charge in [-0.1, -0.05) is 95.8 Å². The molecule has 0 aliphatic carbocycles. The summed E-state index contributed by atoms with van der Waals surface area (Å²) < 4.78 is 5.90. The largest absolute Gasteiger partial charge is 0.494 e. The van der Waals surface area contributed by atoms with Gasteiger partial charge in [0.05, 0.1) is 11.5 Å². The maximum atomic E-state index is 13.7. The summed E-state index contributed by atoms with van der Waals surface area (Å²) >= 11 is 1.37. The predicted octanol–water partition coefficient (Wildman–Crippen LogP) is 8.07. The third-order valence-corrected chi connectivity index (χ3v) is 10.5. The van der Waals surface area contributed by atoms with E-state index in [-0.39, 0.29) is 18.3 Å². The molecule has 282 valence electrons. The summed E-state index contributed by atoms with van der Waals surface area (Å²) in [5.74, 6) is -0.797. The van der Waals surface area contributed by atoms with Crippen molar-refractivity contribution >= 4 is 29.1 Å². The Morgan fingerprint density at radius 1 is 0.759 bits per heavy atom. The lowest BCUT2D eigenvalue weighted by molar-refractivity contribution is -0.142. The lowest BCUT2D eigenvalue weighted by atomic mass is 9.95. The van der Waals surface area contributed by atoms with Gasteiger partial charge in [0.2, 0.25) is 5.91 Å². The number of rotatable bonds is 18. The molecule has 0 aliphatic heterocycles. The van der Waals surface area contributed by atoms with Gasteiger partial charge in [0, 0.05) is 53.6 Å². The van der Waals surface area contributed by atoms with Gasteiger partial charge in [0.25, 0.3) is 5.91 Å². The summed E-state index contributed by atoms with van der Waals surface area (Å²) in [5, 5.41) is 15.5. The highest BCUT2D eigenvalue weighted by molar-refractivity contribution is 7.14. The average Bonchev–Trinajstić information content (AvgIpc) is 3.69. The lowest BCUT2D eigenvalue weighted by Gasteiger charge is -2.22. The molecular formula is C43H49N5O5S. The van der Waals surface area contributed by atoms with E-state index in [9.17, 15) is 19.5 Å². The molecule has 0 spiro atoms. The fourth-order valence-corrected chi connectivity index (χ4v) is 6.79. The zero-order valence-electron chi connectivity index (χ0n) is 31.4. The van der Waals surface area contributed by atoms with Crippen molar-refractivity contribution in [2.45, 2.75) is 90.1 Å². The van der Waals surface area contributed by atoms with Crippen molar-refractivity contribution in [1.82, 2.24) is 25.6 Å². The second-order valence-corrected chi connectivity index (χ2v) is 15.5. The number of hydrogen-bond donors (Lipinski definition) is 3. The smallest absolute Gasteiger partial charge is 0.326 e. The molecule has 0 saturated carbocycles. The molecule has 3 N–H and O–H groups in total. The maximum Gasteiger partial charge on any atom is 0.326 e. The summed E-state index contributed by atoms with van der Waals surface area (Å²) in [6.07, 6.45) is 12.9. The molecule has 3 aromatic heterocycles. The minimum Gasteiger partial charge on any atom is -0.494 e. The van der Waals surface area contributed by atoms with E-state index >= 15 is 0 Å². The van der Waals surface area contributed by atoms with E-state index in [1.807, 2.05) is 54.6 Å². The fourth-order valence-electron chi connectivity index (χ4n) is 5.82. The quantitative estimate of drug-likeness (QED) is 0.0764. The van der Waals surface area contributed by atoms with Gasteiger partial charge in [-0.05, 0) is 58.9 Å². The van der Waals surface area contributed by atoms with Gasteiger partial charge in [-0.3, -0.25) is 14.6 Å². The molecule has 0 fully saturated rings. The number of hydrogen-bond acceptors (Lipinski definition) is 8. The molecule has 54 heavy (non-hydrogen) atoms.